The Labute approximate surface area is 119 Å². The number of cyclic esters (lactones) is 2. The third-order valence-corrected chi connectivity index (χ3v) is 3.84. The van der Waals surface area contributed by atoms with E-state index in [0.29, 0.717) is 11.7 Å². The maximum atomic E-state index is 11.6. The van der Waals surface area contributed by atoms with Gasteiger partial charge in [-0.3, -0.25) is 9.59 Å². The van der Waals surface area contributed by atoms with Crippen LogP contribution in [0.1, 0.15) is 50.7 Å². The fourth-order valence-electron chi connectivity index (χ4n) is 2.65. The molecule has 20 heavy (non-hydrogen) atoms. The lowest BCUT2D eigenvalue weighted by Crippen LogP contribution is -2.37. The molecule has 0 aliphatic carbocycles. The van der Waals surface area contributed by atoms with E-state index in [-0.39, 0.29) is 12.8 Å². The molecule has 2 rings (SSSR count). The smallest absolute Gasteiger partial charge is 0.314 e. The summed E-state index contributed by atoms with van der Waals surface area (Å²) in [6, 6.07) is 5.95. The van der Waals surface area contributed by atoms with E-state index in [4.69, 9.17) is 4.74 Å². The summed E-state index contributed by atoms with van der Waals surface area (Å²) < 4.78 is 10.0. The predicted octanol–water partition coefficient (Wildman–Crippen LogP) is 2.94. The van der Waals surface area contributed by atoms with Crippen LogP contribution >= 0.6 is 0 Å². The van der Waals surface area contributed by atoms with Crippen LogP contribution in [0, 0.1) is 0 Å². The van der Waals surface area contributed by atoms with Gasteiger partial charge in [0, 0.05) is 11.0 Å². The van der Waals surface area contributed by atoms with Crippen molar-refractivity contribution in [1.29, 1.82) is 0 Å². The van der Waals surface area contributed by atoms with Gasteiger partial charge in [-0.05, 0) is 17.5 Å². The van der Waals surface area contributed by atoms with Crippen LogP contribution in [0.3, 0.4) is 0 Å². The summed E-state index contributed by atoms with van der Waals surface area (Å²) in [5.41, 5.74) is 1.49. The molecule has 0 aromatic heterocycles. The lowest BCUT2D eigenvalue weighted by atomic mass is 9.74. The first-order chi connectivity index (χ1) is 9.35. The first-order valence-electron chi connectivity index (χ1n) is 6.77. The van der Waals surface area contributed by atoms with Crippen LogP contribution in [0.4, 0.5) is 0 Å². The zero-order valence-corrected chi connectivity index (χ0v) is 12.4. The molecule has 0 spiro atoms. The SMILES string of the molecule is COc1ccc(C(C)C)cc1C1(C)CC(=O)OC(=O)C1. The molecule has 0 radical (unpaired) electrons. The van der Waals surface area contributed by atoms with Gasteiger partial charge >= 0.3 is 11.9 Å². The number of rotatable bonds is 3. The summed E-state index contributed by atoms with van der Waals surface area (Å²) in [5, 5.41) is 0. The molecule has 0 atom stereocenters. The number of carbonyl (C=O) groups is 2. The van der Waals surface area contributed by atoms with Gasteiger partial charge in [0.05, 0.1) is 20.0 Å². The third-order valence-electron chi connectivity index (χ3n) is 3.84. The number of hydrogen-bond donors (Lipinski definition) is 0. The van der Waals surface area contributed by atoms with Crippen molar-refractivity contribution in [2.45, 2.75) is 44.9 Å². The van der Waals surface area contributed by atoms with Gasteiger partial charge in [-0.1, -0.05) is 32.9 Å². The average Bonchev–Trinajstić information content (AvgIpc) is 2.36. The summed E-state index contributed by atoms with van der Waals surface area (Å²) in [5.74, 6) is 0.135. The second kappa shape index (κ2) is 5.27. The van der Waals surface area contributed by atoms with Crippen molar-refractivity contribution in [3.63, 3.8) is 0 Å². The largest absolute Gasteiger partial charge is 0.496 e. The van der Waals surface area contributed by atoms with Gasteiger partial charge < -0.3 is 9.47 Å². The number of carbonyl (C=O) groups excluding carboxylic acids is 2. The standard InChI is InChI=1S/C16H20O4/c1-10(2)11-5-6-13(19-4)12(7-11)16(3)8-14(17)20-15(18)9-16/h5-7,10H,8-9H2,1-4H3. The van der Waals surface area contributed by atoms with Crippen molar-refractivity contribution in [3.05, 3.63) is 29.3 Å². The highest BCUT2D eigenvalue weighted by Crippen LogP contribution is 2.41. The number of benzene rings is 1. The second-order valence-corrected chi connectivity index (χ2v) is 5.87. The van der Waals surface area contributed by atoms with Gasteiger partial charge in [-0.15, -0.1) is 0 Å². The van der Waals surface area contributed by atoms with Gasteiger partial charge in [0.1, 0.15) is 5.75 Å². The molecule has 0 N–H and O–H groups in total. The molecule has 1 heterocycles. The molecule has 108 valence electrons. The minimum absolute atomic E-state index is 0.191. The van der Waals surface area contributed by atoms with Crippen molar-refractivity contribution in [1.82, 2.24) is 0 Å². The normalized spacial score (nSPS) is 18.1. The van der Waals surface area contributed by atoms with Crippen LogP contribution in [-0.2, 0) is 19.7 Å². The van der Waals surface area contributed by atoms with Crippen molar-refractivity contribution in [2.24, 2.45) is 0 Å². The molecule has 1 aliphatic heterocycles. The Morgan fingerprint density at radius 2 is 1.80 bits per heavy atom. The van der Waals surface area contributed by atoms with E-state index in [9.17, 15) is 9.59 Å². The number of methoxy groups -OCH3 is 1. The molecule has 0 bridgehead atoms. The number of esters is 2. The van der Waals surface area contributed by atoms with E-state index in [0.717, 1.165) is 11.1 Å². The number of ether oxygens (including phenoxy) is 2. The fraction of sp³-hybridized carbons (Fsp3) is 0.500. The van der Waals surface area contributed by atoms with Crippen LogP contribution in [0.15, 0.2) is 18.2 Å². The highest BCUT2D eigenvalue weighted by molar-refractivity contribution is 5.90. The first kappa shape index (κ1) is 14.6. The zero-order chi connectivity index (χ0) is 14.9. The molecule has 4 heteroatoms. The minimum atomic E-state index is -0.567. The Balaban J connectivity index is 2.51. The molecule has 1 saturated heterocycles. The Hall–Kier alpha value is -1.84. The van der Waals surface area contributed by atoms with Crippen molar-refractivity contribution in [2.75, 3.05) is 7.11 Å². The molecule has 4 nitrogen and oxygen atoms in total. The van der Waals surface area contributed by atoms with Crippen LogP contribution < -0.4 is 4.74 Å². The molecule has 0 amide bonds. The van der Waals surface area contributed by atoms with Gasteiger partial charge in [0.25, 0.3) is 0 Å². The Morgan fingerprint density at radius 3 is 2.30 bits per heavy atom. The van der Waals surface area contributed by atoms with Crippen LogP contribution in [0.2, 0.25) is 0 Å². The third kappa shape index (κ3) is 2.69. The maximum absolute atomic E-state index is 11.6. The molecule has 1 aliphatic rings. The molecular formula is C16H20O4. The van der Waals surface area contributed by atoms with Crippen LogP contribution in [-0.4, -0.2) is 19.0 Å². The highest BCUT2D eigenvalue weighted by atomic mass is 16.6. The summed E-state index contributed by atoms with van der Waals surface area (Å²) >= 11 is 0. The summed E-state index contributed by atoms with van der Waals surface area (Å²) in [6.07, 6.45) is 0.382. The van der Waals surface area contributed by atoms with Crippen LogP contribution in [0.25, 0.3) is 0 Å². The molecule has 1 aromatic carbocycles. The van der Waals surface area contributed by atoms with Gasteiger partial charge in [0.2, 0.25) is 0 Å². The van der Waals surface area contributed by atoms with E-state index in [1.807, 2.05) is 25.1 Å². The first-order valence-corrected chi connectivity index (χ1v) is 6.77. The summed E-state index contributed by atoms with van der Waals surface area (Å²) in [4.78, 5) is 23.2. The predicted molar refractivity (Wildman–Crippen MR) is 74.8 cm³/mol. The molecular weight excluding hydrogens is 256 g/mol. The quantitative estimate of drug-likeness (QED) is 0.629. The minimum Gasteiger partial charge on any atom is -0.496 e. The molecule has 0 saturated carbocycles. The van der Waals surface area contributed by atoms with E-state index < -0.39 is 17.4 Å². The second-order valence-electron chi connectivity index (χ2n) is 5.87. The molecule has 1 fully saturated rings. The molecule has 1 aromatic rings. The lowest BCUT2D eigenvalue weighted by Gasteiger charge is -2.33. The molecule has 0 unspecified atom stereocenters. The lowest BCUT2D eigenvalue weighted by molar-refractivity contribution is -0.166. The Morgan fingerprint density at radius 1 is 1.20 bits per heavy atom. The van der Waals surface area contributed by atoms with Crippen molar-refractivity contribution in [3.8, 4) is 5.75 Å². The van der Waals surface area contributed by atoms with Crippen molar-refractivity contribution < 1.29 is 19.1 Å². The Kier molecular flexibility index (Phi) is 3.84. The van der Waals surface area contributed by atoms with Gasteiger partial charge in [0.15, 0.2) is 0 Å². The van der Waals surface area contributed by atoms with E-state index in [1.54, 1.807) is 7.11 Å². The monoisotopic (exact) mass is 276 g/mol. The van der Waals surface area contributed by atoms with E-state index in [1.165, 1.54) is 0 Å². The average molecular weight is 276 g/mol. The van der Waals surface area contributed by atoms with Crippen LogP contribution in [0.5, 0.6) is 5.75 Å². The number of hydrogen-bond acceptors (Lipinski definition) is 4. The summed E-state index contributed by atoms with van der Waals surface area (Å²) in [6.45, 7) is 6.12. The van der Waals surface area contributed by atoms with Gasteiger partial charge in [-0.25, -0.2) is 0 Å². The zero-order valence-electron chi connectivity index (χ0n) is 12.4. The Bertz CT molecular complexity index is 529. The maximum Gasteiger partial charge on any atom is 0.314 e. The van der Waals surface area contributed by atoms with Gasteiger partial charge in [-0.2, -0.15) is 0 Å². The summed E-state index contributed by atoms with van der Waals surface area (Å²) in [7, 11) is 1.60. The highest BCUT2D eigenvalue weighted by Gasteiger charge is 2.40. The fourth-order valence-corrected chi connectivity index (χ4v) is 2.65. The topological polar surface area (TPSA) is 52.6 Å². The van der Waals surface area contributed by atoms with Crippen molar-refractivity contribution >= 4 is 11.9 Å². The van der Waals surface area contributed by atoms with E-state index in [2.05, 4.69) is 18.6 Å². The van der Waals surface area contributed by atoms with E-state index >= 15 is 0 Å².